The van der Waals surface area contributed by atoms with Crippen LogP contribution in [0.1, 0.15) is 5.56 Å². The molecule has 0 bridgehead atoms. The number of rotatable bonds is 4. The molecule has 26 heavy (non-hydrogen) atoms. The lowest BCUT2D eigenvalue weighted by Crippen LogP contribution is -2.13. The van der Waals surface area contributed by atoms with Crippen LogP contribution < -0.4 is 9.64 Å². The van der Waals surface area contributed by atoms with Crippen molar-refractivity contribution in [1.29, 1.82) is 0 Å². The molecule has 0 fully saturated rings. The van der Waals surface area contributed by atoms with Crippen molar-refractivity contribution >= 4 is 11.4 Å². The molecule has 0 spiro atoms. The van der Waals surface area contributed by atoms with Crippen LogP contribution >= 0.6 is 0 Å². The normalized spacial score (nSPS) is 10.7. The molecule has 0 heterocycles. The van der Waals surface area contributed by atoms with Gasteiger partial charge < -0.3 is 14.7 Å². The zero-order valence-corrected chi connectivity index (χ0v) is 14.8. The molecule has 0 unspecified atom stereocenters. The average molecular weight is 355 g/mol. The molecular weight excluding hydrogens is 336 g/mol. The van der Waals surface area contributed by atoms with Crippen molar-refractivity contribution in [3.8, 4) is 22.6 Å². The fourth-order valence-electron chi connectivity index (χ4n) is 2.93. The molecule has 0 aliphatic carbocycles. The van der Waals surface area contributed by atoms with Crippen LogP contribution in [0.15, 0.2) is 54.6 Å². The molecule has 0 aliphatic heterocycles. The van der Waals surface area contributed by atoms with Gasteiger partial charge in [0, 0.05) is 24.4 Å². The second kappa shape index (κ2) is 7.04. The van der Waals surface area contributed by atoms with Crippen LogP contribution in [0, 0.1) is 18.6 Å². The fourth-order valence-corrected chi connectivity index (χ4v) is 2.93. The number of ether oxygens (including phenoxy) is 1. The van der Waals surface area contributed by atoms with E-state index in [2.05, 4.69) is 0 Å². The largest absolute Gasteiger partial charge is 0.508 e. The lowest BCUT2D eigenvalue weighted by molar-refractivity contribution is 0.415. The molecule has 0 amide bonds. The zero-order valence-electron chi connectivity index (χ0n) is 14.8. The first-order valence-electron chi connectivity index (χ1n) is 8.07. The Labute approximate surface area is 151 Å². The van der Waals surface area contributed by atoms with E-state index in [1.165, 1.54) is 31.4 Å². The van der Waals surface area contributed by atoms with Gasteiger partial charge in [0.1, 0.15) is 23.1 Å². The molecule has 3 aromatic rings. The van der Waals surface area contributed by atoms with Crippen LogP contribution in [-0.4, -0.2) is 19.3 Å². The summed E-state index contributed by atoms with van der Waals surface area (Å²) in [6, 6.07) is 14.1. The van der Waals surface area contributed by atoms with Gasteiger partial charge in [-0.2, -0.15) is 0 Å². The number of phenolic OH excluding ortho intramolecular Hbond substituents is 1. The third-order valence-electron chi connectivity index (χ3n) is 4.36. The number of nitrogens with zero attached hydrogens (tertiary/aromatic N) is 1. The fraction of sp³-hybridized carbons (Fsp3) is 0.143. The van der Waals surface area contributed by atoms with Crippen LogP contribution in [0.4, 0.5) is 20.2 Å². The third-order valence-corrected chi connectivity index (χ3v) is 4.36. The Morgan fingerprint density at radius 1 is 0.962 bits per heavy atom. The molecule has 3 nitrogen and oxygen atoms in total. The van der Waals surface area contributed by atoms with E-state index in [1.54, 1.807) is 43.1 Å². The van der Waals surface area contributed by atoms with E-state index in [4.69, 9.17) is 4.74 Å². The van der Waals surface area contributed by atoms with Gasteiger partial charge in [-0.05, 0) is 54.4 Å². The summed E-state index contributed by atoms with van der Waals surface area (Å²) < 4.78 is 33.3. The van der Waals surface area contributed by atoms with Gasteiger partial charge in [0.2, 0.25) is 0 Å². The molecular formula is C21H19F2NO2. The lowest BCUT2D eigenvalue weighted by atomic mass is 10.0. The first-order valence-corrected chi connectivity index (χ1v) is 8.07. The summed E-state index contributed by atoms with van der Waals surface area (Å²) in [7, 11) is 3.24. The smallest absolute Gasteiger partial charge is 0.147 e. The summed E-state index contributed by atoms with van der Waals surface area (Å²) in [6.45, 7) is 1.65. The first-order chi connectivity index (χ1) is 12.4. The molecule has 3 aromatic carbocycles. The maximum atomic E-state index is 14.4. The number of hydrogen-bond donors (Lipinski definition) is 1. The predicted molar refractivity (Wildman–Crippen MR) is 99.3 cm³/mol. The lowest BCUT2D eigenvalue weighted by Gasteiger charge is -2.24. The molecule has 134 valence electrons. The molecule has 0 aromatic heterocycles. The van der Waals surface area contributed by atoms with Gasteiger partial charge in [-0.25, -0.2) is 8.78 Å². The van der Waals surface area contributed by atoms with Gasteiger partial charge in [0.25, 0.3) is 0 Å². The summed E-state index contributed by atoms with van der Waals surface area (Å²) in [5.74, 6) is -0.207. The molecule has 0 radical (unpaired) electrons. The molecule has 1 N–H and O–H groups in total. The molecule has 0 aliphatic rings. The molecule has 0 saturated carbocycles. The molecule has 0 saturated heterocycles. The van der Waals surface area contributed by atoms with Crippen molar-refractivity contribution < 1.29 is 18.6 Å². The summed E-state index contributed by atoms with van der Waals surface area (Å²) in [5.41, 5.74) is 2.78. The summed E-state index contributed by atoms with van der Waals surface area (Å²) in [5, 5.41) is 9.92. The highest BCUT2D eigenvalue weighted by atomic mass is 19.1. The van der Waals surface area contributed by atoms with Gasteiger partial charge in [-0.15, -0.1) is 0 Å². The van der Waals surface area contributed by atoms with Crippen LogP contribution in [0.3, 0.4) is 0 Å². The highest BCUT2D eigenvalue weighted by molar-refractivity contribution is 5.76. The number of halogens is 2. The van der Waals surface area contributed by atoms with E-state index in [0.29, 0.717) is 22.6 Å². The van der Waals surface area contributed by atoms with E-state index in [1.807, 2.05) is 6.07 Å². The minimum atomic E-state index is -0.446. The Kier molecular flexibility index (Phi) is 4.80. The summed E-state index contributed by atoms with van der Waals surface area (Å²) >= 11 is 0. The minimum Gasteiger partial charge on any atom is -0.508 e. The van der Waals surface area contributed by atoms with Crippen LogP contribution in [-0.2, 0) is 0 Å². The van der Waals surface area contributed by atoms with E-state index in [-0.39, 0.29) is 17.3 Å². The minimum absolute atomic E-state index is 0.0153. The van der Waals surface area contributed by atoms with Crippen molar-refractivity contribution in [2.24, 2.45) is 0 Å². The zero-order chi connectivity index (χ0) is 18.8. The molecule has 3 rings (SSSR count). The van der Waals surface area contributed by atoms with Gasteiger partial charge in [-0.1, -0.05) is 12.1 Å². The Morgan fingerprint density at radius 3 is 2.42 bits per heavy atom. The van der Waals surface area contributed by atoms with E-state index in [0.717, 1.165) is 5.56 Å². The van der Waals surface area contributed by atoms with Gasteiger partial charge >= 0.3 is 0 Å². The predicted octanol–water partition coefficient (Wildman–Crippen LogP) is 5.42. The summed E-state index contributed by atoms with van der Waals surface area (Å²) in [6.07, 6.45) is 0. The summed E-state index contributed by atoms with van der Waals surface area (Å²) in [4.78, 5) is 1.63. The van der Waals surface area contributed by atoms with E-state index < -0.39 is 5.82 Å². The number of aromatic hydroxyl groups is 1. The Bertz CT molecular complexity index is 957. The molecule has 0 atom stereocenters. The van der Waals surface area contributed by atoms with Crippen molar-refractivity contribution in [3.05, 3.63) is 71.8 Å². The van der Waals surface area contributed by atoms with Crippen molar-refractivity contribution in [2.75, 3.05) is 19.1 Å². The monoisotopic (exact) mass is 355 g/mol. The van der Waals surface area contributed by atoms with Gasteiger partial charge in [0.15, 0.2) is 0 Å². The van der Waals surface area contributed by atoms with Gasteiger partial charge in [-0.3, -0.25) is 0 Å². The quantitative estimate of drug-likeness (QED) is 0.678. The third kappa shape index (κ3) is 3.33. The molecule has 5 heteroatoms. The van der Waals surface area contributed by atoms with E-state index >= 15 is 0 Å². The average Bonchev–Trinajstić information content (AvgIpc) is 2.64. The first kappa shape index (κ1) is 17.7. The second-order valence-electron chi connectivity index (χ2n) is 6.03. The maximum absolute atomic E-state index is 14.4. The number of methoxy groups -OCH3 is 1. The van der Waals surface area contributed by atoms with Crippen molar-refractivity contribution in [3.63, 3.8) is 0 Å². The standard InChI is InChI=1S/C21H19F2NO2/c1-13-20(25)8-7-19(23)21(13)24(2)17-10-15(11-18(12-17)26-3)14-5-4-6-16(22)9-14/h4-12,25H,1-3H3. The Hall–Kier alpha value is -3.08. The maximum Gasteiger partial charge on any atom is 0.147 e. The SMILES string of the molecule is COc1cc(-c2cccc(F)c2)cc(N(C)c2c(F)ccc(O)c2C)c1. The highest BCUT2D eigenvalue weighted by Gasteiger charge is 2.17. The number of anilines is 2. The van der Waals surface area contributed by atoms with E-state index in [9.17, 15) is 13.9 Å². The van der Waals surface area contributed by atoms with Crippen molar-refractivity contribution in [1.82, 2.24) is 0 Å². The van der Waals surface area contributed by atoms with Crippen LogP contribution in [0.25, 0.3) is 11.1 Å². The Morgan fingerprint density at radius 2 is 1.73 bits per heavy atom. The Balaban J connectivity index is 2.14. The topological polar surface area (TPSA) is 32.7 Å². The highest BCUT2D eigenvalue weighted by Crippen LogP contribution is 2.37. The van der Waals surface area contributed by atoms with Crippen LogP contribution in [0.2, 0.25) is 0 Å². The van der Waals surface area contributed by atoms with Gasteiger partial charge in [0.05, 0.1) is 12.8 Å². The number of benzene rings is 3. The van der Waals surface area contributed by atoms with Crippen LogP contribution in [0.5, 0.6) is 11.5 Å². The van der Waals surface area contributed by atoms with Crippen molar-refractivity contribution in [2.45, 2.75) is 6.92 Å². The number of hydrogen-bond acceptors (Lipinski definition) is 3. The number of phenols is 1. The second-order valence-corrected chi connectivity index (χ2v) is 6.03.